The van der Waals surface area contributed by atoms with Crippen LogP contribution in [0.1, 0.15) is 26.7 Å². The van der Waals surface area contributed by atoms with E-state index < -0.39 is 16.0 Å². The van der Waals surface area contributed by atoms with Crippen molar-refractivity contribution in [3.05, 3.63) is 40.7 Å². The number of carboxylic acid groups (broad SMARTS) is 1. The summed E-state index contributed by atoms with van der Waals surface area (Å²) in [5.41, 5.74) is -0.0504. The Balaban J connectivity index is 1.68. The molecule has 1 aliphatic rings. The van der Waals surface area contributed by atoms with E-state index in [0.29, 0.717) is 5.76 Å². The van der Waals surface area contributed by atoms with Gasteiger partial charge in [-0.2, -0.15) is 4.31 Å². The van der Waals surface area contributed by atoms with Crippen LogP contribution in [0.15, 0.2) is 32.2 Å². The molecule has 1 N–H and O–H groups in total. The molecule has 8 nitrogen and oxygen atoms in total. The fourth-order valence-corrected chi connectivity index (χ4v) is 5.26. The van der Waals surface area contributed by atoms with E-state index in [2.05, 4.69) is 0 Å². The van der Waals surface area contributed by atoms with Crippen molar-refractivity contribution in [2.24, 2.45) is 0 Å². The predicted octanol–water partition coefficient (Wildman–Crippen LogP) is 1.49. The fourth-order valence-electron chi connectivity index (χ4n) is 2.53. The summed E-state index contributed by atoms with van der Waals surface area (Å²) in [7, 11) is -3.76. The van der Waals surface area contributed by atoms with Crippen molar-refractivity contribution >= 4 is 33.2 Å². The van der Waals surface area contributed by atoms with Gasteiger partial charge in [-0.05, 0) is 25.1 Å². The molecule has 25 heavy (non-hydrogen) atoms. The van der Waals surface area contributed by atoms with Gasteiger partial charge in [0.1, 0.15) is 9.97 Å². The van der Waals surface area contributed by atoms with E-state index in [-0.39, 0.29) is 47.6 Å². The van der Waals surface area contributed by atoms with E-state index in [1.807, 2.05) is 0 Å². The van der Waals surface area contributed by atoms with E-state index in [1.54, 1.807) is 24.0 Å². The number of sulfonamides is 1. The van der Waals surface area contributed by atoms with Crippen molar-refractivity contribution in [2.45, 2.75) is 11.1 Å². The number of carbonyl (C=O) groups excluding carboxylic acids is 1. The number of carboxylic acids is 1. The molecular weight excluding hydrogens is 368 g/mol. The van der Waals surface area contributed by atoms with Gasteiger partial charge >= 0.3 is 5.97 Å². The average molecular weight is 384 g/mol. The predicted molar refractivity (Wildman–Crippen MR) is 89.4 cm³/mol. The van der Waals surface area contributed by atoms with Gasteiger partial charge in [0, 0.05) is 31.6 Å². The zero-order valence-electron chi connectivity index (χ0n) is 13.3. The second-order valence-corrected chi connectivity index (χ2v) is 8.64. The number of furan rings is 1. The number of nitrogens with zero attached hydrogens (tertiary/aromatic N) is 2. The van der Waals surface area contributed by atoms with Crippen LogP contribution in [0.4, 0.5) is 0 Å². The second-order valence-electron chi connectivity index (χ2n) is 5.57. The Labute approximate surface area is 148 Å². The van der Waals surface area contributed by atoms with Crippen molar-refractivity contribution in [3.8, 4) is 0 Å². The molecular formula is C15H16N2O6S2. The summed E-state index contributed by atoms with van der Waals surface area (Å²) in [5.74, 6) is -0.564. The SMILES string of the molecule is Cc1ccc(C(=O)N2CCN(S(=O)(=O)c3cc(C(=O)O)cs3)CC2)o1. The molecule has 0 atom stereocenters. The maximum absolute atomic E-state index is 12.6. The maximum Gasteiger partial charge on any atom is 0.336 e. The van der Waals surface area contributed by atoms with Gasteiger partial charge in [0.15, 0.2) is 5.76 Å². The van der Waals surface area contributed by atoms with Gasteiger partial charge < -0.3 is 14.4 Å². The number of aryl methyl sites for hydroxylation is 1. The monoisotopic (exact) mass is 384 g/mol. The highest BCUT2D eigenvalue weighted by Gasteiger charge is 2.32. The van der Waals surface area contributed by atoms with Gasteiger partial charge in [0.25, 0.3) is 15.9 Å². The highest BCUT2D eigenvalue weighted by molar-refractivity contribution is 7.91. The summed E-state index contributed by atoms with van der Waals surface area (Å²) < 4.78 is 31.8. The first kappa shape index (κ1) is 17.6. The maximum atomic E-state index is 12.6. The summed E-state index contributed by atoms with van der Waals surface area (Å²) in [6, 6.07) is 4.45. The van der Waals surface area contributed by atoms with Crippen molar-refractivity contribution in [1.29, 1.82) is 0 Å². The van der Waals surface area contributed by atoms with Crippen LogP contribution >= 0.6 is 11.3 Å². The largest absolute Gasteiger partial charge is 0.478 e. The molecule has 0 aliphatic carbocycles. The Hall–Kier alpha value is -2.17. The summed E-state index contributed by atoms with van der Waals surface area (Å²) in [6.07, 6.45) is 0. The Morgan fingerprint density at radius 2 is 1.88 bits per heavy atom. The molecule has 0 bridgehead atoms. The van der Waals surface area contributed by atoms with Crippen LogP contribution in [0.5, 0.6) is 0 Å². The molecule has 2 aromatic heterocycles. The van der Waals surface area contributed by atoms with Gasteiger partial charge in [0.05, 0.1) is 5.56 Å². The lowest BCUT2D eigenvalue weighted by atomic mass is 10.3. The molecule has 10 heteroatoms. The number of piperazine rings is 1. The molecule has 0 saturated carbocycles. The quantitative estimate of drug-likeness (QED) is 0.856. The first-order chi connectivity index (χ1) is 11.8. The van der Waals surface area contributed by atoms with Crippen LogP contribution in [0.2, 0.25) is 0 Å². The zero-order valence-corrected chi connectivity index (χ0v) is 15.0. The minimum Gasteiger partial charge on any atom is -0.478 e. The van der Waals surface area contributed by atoms with Crippen LogP contribution in [-0.4, -0.2) is 60.8 Å². The van der Waals surface area contributed by atoms with Crippen LogP contribution < -0.4 is 0 Å². The molecule has 0 spiro atoms. The molecule has 0 unspecified atom stereocenters. The fraction of sp³-hybridized carbons (Fsp3) is 0.333. The van der Waals surface area contributed by atoms with Crippen LogP contribution in [-0.2, 0) is 10.0 Å². The molecule has 0 aromatic carbocycles. The number of aromatic carboxylic acids is 1. The number of amides is 1. The number of hydrogen-bond donors (Lipinski definition) is 1. The Bertz CT molecular complexity index is 906. The van der Waals surface area contributed by atoms with Crippen molar-refractivity contribution in [3.63, 3.8) is 0 Å². The minimum absolute atomic E-state index is 0.00802. The highest BCUT2D eigenvalue weighted by Crippen LogP contribution is 2.25. The summed E-state index contributed by atoms with van der Waals surface area (Å²) in [5, 5.41) is 10.2. The van der Waals surface area contributed by atoms with Crippen molar-refractivity contribution < 1.29 is 27.5 Å². The van der Waals surface area contributed by atoms with Crippen molar-refractivity contribution in [2.75, 3.05) is 26.2 Å². The molecule has 0 radical (unpaired) electrons. The third kappa shape index (κ3) is 3.46. The normalized spacial score (nSPS) is 16.1. The first-order valence-corrected chi connectivity index (χ1v) is 9.78. The lowest BCUT2D eigenvalue weighted by molar-refractivity contribution is 0.0662. The third-order valence-corrected chi connectivity index (χ3v) is 7.21. The Morgan fingerprint density at radius 1 is 1.20 bits per heavy atom. The van der Waals surface area contributed by atoms with Gasteiger partial charge in [-0.15, -0.1) is 11.3 Å². The Morgan fingerprint density at radius 3 is 2.40 bits per heavy atom. The lowest BCUT2D eigenvalue weighted by Gasteiger charge is -2.33. The van der Waals surface area contributed by atoms with Gasteiger partial charge in [0.2, 0.25) is 0 Å². The third-order valence-electron chi connectivity index (χ3n) is 3.89. The van der Waals surface area contributed by atoms with E-state index in [1.165, 1.54) is 9.69 Å². The molecule has 1 fully saturated rings. The van der Waals surface area contributed by atoms with Crippen molar-refractivity contribution in [1.82, 2.24) is 9.21 Å². The number of hydrogen-bond acceptors (Lipinski definition) is 6. The molecule has 2 aromatic rings. The number of rotatable bonds is 4. The lowest BCUT2D eigenvalue weighted by Crippen LogP contribution is -2.50. The van der Waals surface area contributed by atoms with Gasteiger partial charge in [-0.25, -0.2) is 13.2 Å². The number of carbonyl (C=O) groups is 2. The first-order valence-electron chi connectivity index (χ1n) is 7.47. The summed E-state index contributed by atoms with van der Waals surface area (Å²) >= 11 is 0.879. The van der Waals surface area contributed by atoms with Crippen LogP contribution in [0.3, 0.4) is 0 Å². The summed E-state index contributed by atoms with van der Waals surface area (Å²) in [6.45, 7) is 2.53. The van der Waals surface area contributed by atoms with Crippen LogP contribution in [0, 0.1) is 6.92 Å². The molecule has 134 valence electrons. The van der Waals surface area contributed by atoms with E-state index in [9.17, 15) is 18.0 Å². The van der Waals surface area contributed by atoms with Gasteiger partial charge in [-0.3, -0.25) is 4.79 Å². The topological polar surface area (TPSA) is 108 Å². The van der Waals surface area contributed by atoms with E-state index >= 15 is 0 Å². The number of thiophene rings is 1. The zero-order chi connectivity index (χ0) is 18.2. The highest BCUT2D eigenvalue weighted by atomic mass is 32.2. The standard InChI is InChI=1S/C15H16N2O6S2/c1-10-2-3-12(23-10)14(18)16-4-6-17(7-5-16)25(21,22)13-8-11(9-24-13)15(19)20/h2-3,8-9H,4-7H2,1H3,(H,19,20). The second kappa shape index (κ2) is 6.62. The molecule has 3 heterocycles. The smallest absolute Gasteiger partial charge is 0.336 e. The minimum atomic E-state index is -3.76. The molecule has 1 saturated heterocycles. The molecule has 3 rings (SSSR count). The molecule has 1 amide bonds. The van der Waals surface area contributed by atoms with Crippen LogP contribution in [0.25, 0.3) is 0 Å². The average Bonchev–Trinajstić information content (AvgIpc) is 3.24. The summed E-state index contributed by atoms with van der Waals surface area (Å²) in [4.78, 5) is 24.8. The molecule has 1 aliphatic heterocycles. The van der Waals surface area contributed by atoms with E-state index in [4.69, 9.17) is 9.52 Å². The Kier molecular flexibility index (Phi) is 4.67. The van der Waals surface area contributed by atoms with E-state index in [0.717, 1.165) is 17.4 Å². The van der Waals surface area contributed by atoms with Gasteiger partial charge in [-0.1, -0.05) is 0 Å².